The Morgan fingerprint density at radius 3 is 2.48 bits per heavy atom. The first kappa shape index (κ1) is 16.9. The number of benzene rings is 2. The Morgan fingerprint density at radius 2 is 1.74 bits per heavy atom. The van der Waals surface area contributed by atoms with Crippen molar-refractivity contribution >= 4 is 0 Å². The normalized spacial score (nSPS) is 10.1. The molecule has 0 spiro atoms. The molecule has 0 saturated carbocycles. The van der Waals surface area contributed by atoms with E-state index >= 15 is 0 Å². The van der Waals surface area contributed by atoms with Gasteiger partial charge in [-0.05, 0) is 43.0 Å². The van der Waals surface area contributed by atoms with E-state index in [9.17, 15) is 0 Å². The Kier molecular flexibility index (Phi) is 6.99. The number of hydrogen-bond acceptors (Lipinski definition) is 2. The summed E-state index contributed by atoms with van der Waals surface area (Å²) in [5, 5.41) is 0. The highest BCUT2D eigenvalue weighted by atomic mass is 16.5. The highest BCUT2D eigenvalue weighted by molar-refractivity contribution is 5.41. The molecule has 0 aliphatic carbocycles. The van der Waals surface area contributed by atoms with Crippen LogP contribution in [0.4, 0.5) is 0 Å². The molecule has 2 nitrogen and oxygen atoms in total. The molecule has 0 radical (unpaired) electrons. The van der Waals surface area contributed by atoms with Gasteiger partial charge in [0.05, 0.1) is 6.61 Å². The van der Waals surface area contributed by atoms with E-state index in [2.05, 4.69) is 25.3 Å². The Labute approximate surface area is 139 Å². The lowest BCUT2D eigenvalue weighted by Crippen LogP contribution is -2.01. The van der Waals surface area contributed by atoms with E-state index in [-0.39, 0.29) is 0 Å². The second-order valence-electron chi connectivity index (χ2n) is 5.32. The van der Waals surface area contributed by atoms with Crippen molar-refractivity contribution in [1.82, 2.24) is 0 Å². The van der Waals surface area contributed by atoms with Crippen molar-refractivity contribution in [2.24, 2.45) is 0 Å². The number of hydrogen-bond donors (Lipinski definition) is 0. The van der Waals surface area contributed by atoms with Gasteiger partial charge in [0.1, 0.15) is 18.1 Å². The largest absolute Gasteiger partial charge is 0.493 e. The minimum absolute atomic E-state index is 0.563. The van der Waals surface area contributed by atoms with Gasteiger partial charge < -0.3 is 9.47 Å². The minimum Gasteiger partial charge on any atom is -0.493 e. The standard InChI is InChI=1S/C21H24O2/c1-3-5-9-15-22-21-14-13-20(16-19(21)10-4-2)23-17-18-11-7-6-8-12-18/h3-4,6-8,11-14,16H,1-2,5,9-10,15,17H2. The summed E-state index contributed by atoms with van der Waals surface area (Å²) in [5.74, 6) is 1.75. The molecule has 2 heteroatoms. The Bertz CT molecular complexity index is 617. The van der Waals surface area contributed by atoms with Crippen molar-refractivity contribution < 1.29 is 9.47 Å². The molecule has 0 N–H and O–H groups in total. The molecule has 0 bridgehead atoms. The molecule has 0 heterocycles. The van der Waals surface area contributed by atoms with E-state index in [1.54, 1.807) is 0 Å². The van der Waals surface area contributed by atoms with Crippen molar-refractivity contribution in [2.75, 3.05) is 6.61 Å². The molecule has 0 saturated heterocycles. The fourth-order valence-electron chi connectivity index (χ4n) is 2.25. The van der Waals surface area contributed by atoms with E-state index in [1.165, 1.54) is 0 Å². The van der Waals surface area contributed by atoms with E-state index in [0.29, 0.717) is 13.2 Å². The van der Waals surface area contributed by atoms with Crippen LogP contribution < -0.4 is 9.47 Å². The highest BCUT2D eigenvalue weighted by Gasteiger charge is 2.05. The van der Waals surface area contributed by atoms with Crippen molar-refractivity contribution in [3.8, 4) is 11.5 Å². The van der Waals surface area contributed by atoms with Crippen LogP contribution in [0.5, 0.6) is 11.5 Å². The molecule has 120 valence electrons. The van der Waals surface area contributed by atoms with Crippen LogP contribution in [0.1, 0.15) is 24.0 Å². The van der Waals surface area contributed by atoms with Crippen LogP contribution in [-0.4, -0.2) is 6.61 Å². The first-order valence-corrected chi connectivity index (χ1v) is 7.97. The van der Waals surface area contributed by atoms with Gasteiger partial charge in [0.15, 0.2) is 0 Å². The SMILES string of the molecule is C=CCCCOc1ccc(OCc2ccccc2)cc1CC=C. The van der Waals surface area contributed by atoms with Gasteiger partial charge in [-0.1, -0.05) is 42.5 Å². The predicted octanol–water partition coefficient (Wildman–Crippen LogP) is 5.34. The number of rotatable bonds is 10. The van der Waals surface area contributed by atoms with E-state index in [1.807, 2.05) is 48.6 Å². The molecular weight excluding hydrogens is 284 g/mol. The van der Waals surface area contributed by atoms with Gasteiger partial charge >= 0.3 is 0 Å². The van der Waals surface area contributed by atoms with Gasteiger partial charge in [0.25, 0.3) is 0 Å². The molecule has 0 aromatic heterocycles. The minimum atomic E-state index is 0.563. The molecule has 2 aromatic carbocycles. The van der Waals surface area contributed by atoms with Crippen molar-refractivity contribution in [1.29, 1.82) is 0 Å². The third-order valence-corrected chi connectivity index (χ3v) is 3.45. The summed E-state index contributed by atoms with van der Waals surface area (Å²) in [6.45, 7) is 8.80. The Balaban J connectivity index is 1.99. The quantitative estimate of drug-likeness (QED) is 0.436. The number of unbranched alkanes of at least 4 members (excludes halogenated alkanes) is 1. The van der Waals surface area contributed by atoms with Crippen molar-refractivity contribution in [3.05, 3.63) is 85.0 Å². The van der Waals surface area contributed by atoms with Gasteiger partial charge in [-0.25, -0.2) is 0 Å². The fraction of sp³-hybridized carbons (Fsp3) is 0.238. The van der Waals surface area contributed by atoms with Gasteiger partial charge in [-0.3, -0.25) is 0 Å². The molecule has 0 amide bonds. The smallest absolute Gasteiger partial charge is 0.123 e. The summed E-state index contributed by atoms with van der Waals surface area (Å²) in [6.07, 6.45) is 6.50. The predicted molar refractivity (Wildman–Crippen MR) is 96.0 cm³/mol. The summed E-state index contributed by atoms with van der Waals surface area (Å²) in [4.78, 5) is 0. The zero-order chi connectivity index (χ0) is 16.3. The monoisotopic (exact) mass is 308 g/mol. The van der Waals surface area contributed by atoms with Gasteiger partial charge in [0, 0.05) is 5.56 Å². The van der Waals surface area contributed by atoms with Crippen LogP contribution in [0.3, 0.4) is 0 Å². The van der Waals surface area contributed by atoms with E-state index in [0.717, 1.165) is 41.9 Å². The summed E-state index contributed by atoms with van der Waals surface area (Å²) >= 11 is 0. The summed E-state index contributed by atoms with van der Waals surface area (Å²) in [5.41, 5.74) is 2.26. The molecule has 0 unspecified atom stereocenters. The molecular formula is C21H24O2. The molecule has 0 aliphatic rings. The number of ether oxygens (including phenoxy) is 2. The molecule has 0 fully saturated rings. The summed E-state index contributed by atoms with van der Waals surface area (Å²) < 4.78 is 11.7. The van der Waals surface area contributed by atoms with Crippen molar-refractivity contribution in [3.63, 3.8) is 0 Å². The van der Waals surface area contributed by atoms with Crippen LogP contribution in [0.2, 0.25) is 0 Å². The Morgan fingerprint density at radius 1 is 0.913 bits per heavy atom. The number of allylic oxidation sites excluding steroid dienone is 2. The van der Waals surface area contributed by atoms with Gasteiger partial charge in [-0.15, -0.1) is 13.2 Å². The average Bonchev–Trinajstić information content (AvgIpc) is 2.59. The van der Waals surface area contributed by atoms with Crippen LogP contribution in [0.15, 0.2) is 73.8 Å². The zero-order valence-corrected chi connectivity index (χ0v) is 13.5. The fourth-order valence-corrected chi connectivity index (χ4v) is 2.25. The van der Waals surface area contributed by atoms with Crippen LogP contribution in [0, 0.1) is 0 Å². The lowest BCUT2D eigenvalue weighted by molar-refractivity contribution is 0.298. The lowest BCUT2D eigenvalue weighted by atomic mass is 10.1. The molecule has 2 aromatic rings. The van der Waals surface area contributed by atoms with Crippen molar-refractivity contribution in [2.45, 2.75) is 25.9 Å². The topological polar surface area (TPSA) is 18.5 Å². The Hall–Kier alpha value is -2.48. The molecule has 2 rings (SSSR count). The van der Waals surface area contributed by atoms with E-state index in [4.69, 9.17) is 9.47 Å². The van der Waals surface area contributed by atoms with Crippen LogP contribution in [0.25, 0.3) is 0 Å². The summed E-state index contributed by atoms with van der Waals surface area (Å²) in [7, 11) is 0. The second kappa shape index (κ2) is 9.52. The lowest BCUT2D eigenvalue weighted by Gasteiger charge is -2.13. The molecule has 0 aliphatic heterocycles. The van der Waals surface area contributed by atoms with Gasteiger partial charge in [0.2, 0.25) is 0 Å². The maximum atomic E-state index is 5.87. The average molecular weight is 308 g/mol. The van der Waals surface area contributed by atoms with E-state index < -0.39 is 0 Å². The zero-order valence-electron chi connectivity index (χ0n) is 13.5. The van der Waals surface area contributed by atoms with Gasteiger partial charge in [-0.2, -0.15) is 0 Å². The van der Waals surface area contributed by atoms with Crippen LogP contribution >= 0.6 is 0 Å². The van der Waals surface area contributed by atoms with Crippen LogP contribution in [-0.2, 0) is 13.0 Å². The molecule has 23 heavy (non-hydrogen) atoms. The molecule has 0 atom stereocenters. The second-order valence-corrected chi connectivity index (χ2v) is 5.32. The third kappa shape index (κ3) is 5.67. The first-order chi connectivity index (χ1) is 11.3. The third-order valence-electron chi connectivity index (χ3n) is 3.45. The maximum absolute atomic E-state index is 5.87. The first-order valence-electron chi connectivity index (χ1n) is 7.97. The summed E-state index contributed by atoms with van der Waals surface area (Å²) in [6, 6.07) is 16.1. The maximum Gasteiger partial charge on any atom is 0.123 e. The highest BCUT2D eigenvalue weighted by Crippen LogP contribution is 2.26.